The second-order valence-electron chi connectivity index (χ2n) is 4.33. The molecular formula is C15H16N2O. The molecule has 2 rings (SSSR count). The van der Waals surface area contributed by atoms with Gasteiger partial charge in [-0.2, -0.15) is 0 Å². The predicted molar refractivity (Wildman–Crippen MR) is 74.8 cm³/mol. The Morgan fingerprint density at radius 1 is 1.11 bits per heavy atom. The maximum atomic E-state index is 12.3. The van der Waals surface area contributed by atoms with E-state index < -0.39 is 0 Å². The summed E-state index contributed by atoms with van der Waals surface area (Å²) in [6.45, 7) is 1.97. The van der Waals surface area contributed by atoms with Crippen LogP contribution in [0.5, 0.6) is 0 Å². The lowest BCUT2D eigenvalue weighted by molar-refractivity contribution is 0.0993. The lowest BCUT2D eigenvalue weighted by atomic mass is 10.1. The van der Waals surface area contributed by atoms with Gasteiger partial charge in [0.2, 0.25) is 0 Å². The Morgan fingerprint density at radius 2 is 1.78 bits per heavy atom. The van der Waals surface area contributed by atoms with E-state index in [-0.39, 0.29) is 5.91 Å². The van der Waals surface area contributed by atoms with E-state index in [1.165, 1.54) is 0 Å². The highest BCUT2D eigenvalue weighted by atomic mass is 16.2. The highest BCUT2D eigenvalue weighted by Gasteiger charge is 2.13. The normalized spacial score (nSPS) is 10.1. The molecule has 0 aromatic heterocycles. The van der Waals surface area contributed by atoms with Crippen LogP contribution in [0.1, 0.15) is 15.9 Å². The first kappa shape index (κ1) is 12.2. The van der Waals surface area contributed by atoms with E-state index in [0.717, 1.165) is 11.3 Å². The van der Waals surface area contributed by atoms with Crippen molar-refractivity contribution in [3.8, 4) is 0 Å². The Hall–Kier alpha value is -2.29. The van der Waals surface area contributed by atoms with Crippen LogP contribution in [-0.4, -0.2) is 13.0 Å². The number of anilines is 2. The molecule has 0 bridgehead atoms. The molecule has 2 N–H and O–H groups in total. The summed E-state index contributed by atoms with van der Waals surface area (Å²) in [6, 6.07) is 14.8. The summed E-state index contributed by atoms with van der Waals surface area (Å²) in [5.41, 5.74) is 8.91. The smallest absolute Gasteiger partial charge is 0.258 e. The van der Waals surface area contributed by atoms with Crippen LogP contribution in [0.3, 0.4) is 0 Å². The lowest BCUT2D eigenvalue weighted by Crippen LogP contribution is -2.26. The quantitative estimate of drug-likeness (QED) is 0.820. The molecule has 3 heteroatoms. The largest absolute Gasteiger partial charge is 0.399 e. The van der Waals surface area contributed by atoms with Crippen molar-refractivity contribution < 1.29 is 4.79 Å². The molecule has 0 saturated carbocycles. The van der Waals surface area contributed by atoms with Gasteiger partial charge in [-0.25, -0.2) is 0 Å². The van der Waals surface area contributed by atoms with E-state index in [1.54, 1.807) is 24.1 Å². The van der Waals surface area contributed by atoms with Crippen LogP contribution >= 0.6 is 0 Å². The monoisotopic (exact) mass is 240 g/mol. The van der Waals surface area contributed by atoms with Gasteiger partial charge in [0.25, 0.3) is 5.91 Å². The van der Waals surface area contributed by atoms with Crippen LogP contribution in [0.2, 0.25) is 0 Å². The number of hydrogen-bond donors (Lipinski definition) is 1. The number of nitrogens with zero attached hydrogens (tertiary/aromatic N) is 1. The third kappa shape index (κ3) is 2.51. The maximum Gasteiger partial charge on any atom is 0.258 e. The van der Waals surface area contributed by atoms with Crippen molar-refractivity contribution in [3.05, 3.63) is 59.7 Å². The van der Waals surface area contributed by atoms with Crippen molar-refractivity contribution in [2.45, 2.75) is 6.92 Å². The fourth-order valence-corrected chi connectivity index (χ4v) is 1.79. The summed E-state index contributed by atoms with van der Waals surface area (Å²) in [4.78, 5) is 13.9. The van der Waals surface area contributed by atoms with Gasteiger partial charge >= 0.3 is 0 Å². The van der Waals surface area contributed by atoms with Crippen molar-refractivity contribution in [1.29, 1.82) is 0 Å². The number of hydrogen-bond acceptors (Lipinski definition) is 2. The number of carbonyl (C=O) groups is 1. The first-order chi connectivity index (χ1) is 8.58. The summed E-state index contributed by atoms with van der Waals surface area (Å²) in [5, 5.41) is 0. The van der Waals surface area contributed by atoms with Crippen molar-refractivity contribution in [2.24, 2.45) is 0 Å². The second kappa shape index (κ2) is 4.92. The zero-order valence-corrected chi connectivity index (χ0v) is 10.6. The first-order valence-corrected chi connectivity index (χ1v) is 5.78. The Kier molecular flexibility index (Phi) is 3.33. The van der Waals surface area contributed by atoms with Crippen molar-refractivity contribution in [3.63, 3.8) is 0 Å². The van der Waals surface area contributed by atoms with Crippen LogP contribution in [0.4, 0.5) is 11.4 Å². The summed E-state index contributed by atoms with van der Waals surface area (Å²) in [6.07, 6.45) is 0. The molecule has 0 atom stereocenters. The first-order valence-electron chi connectivity index (χ1n) is 5.78. The van der Waals surface area contributed by atoms with Gasteiger partial charge in [-0.3, -0.25) is 4.79 Å². The molecule has 3 nitrogen and oxygen atoms in total. The molecule has 0 radical (unpaired) electrons. The Balaban J connectivity index is 2.26. The van der Waals surface area contributed by atoms with Crippen LogP contribution < -0.4 is 10.6 Å². The number of aryl methyl sites for hydroxylation is 1. The molecule has 2 aromatic rings. The average molecular weight is 240 g/mol. The minimum absolute atomic E-state index is 0.0246. The molecule has 0 aliphatic heterocycles. The lowest BCUT2D eigenvalue weighted by Gasteiger charge is -2.17. The molecule has 0 spiro atoms. The number of carbonyl (C=O) groups excluding carboxylic acids is 1. The van der Waals surface area contributed by atoms with Gasteiger partial charge in [0.15, 0.2) is 0 Å². The van der Waals surface area contributed by atoms with Gasteiger partial charge in [-0.15, -0.1) is 0 Å². The van der Waals surface area contributed by atoms with Crippen molar-refractivity contribution in [1.82, 2.24) is 0 Å². The molecule has 0 fully saturated rings. The predicted octanol–water partition coefficient (Wildman–Crippen LogP) is 2.85. The number of rotatable bonds is 2. The van der Waals surface area contributed by atoms with Gasteiger partial charge in [0.1, 0.15) is 0 Å². The summed E-state index contributed by atoms with van der Waals surface area (Å²) >= 11 is 0. The van der Waals surface area contributed by atoms with Gasteiger partial charge in [-0.1, -0.05) is 17.7 Å². The highest BCUT2D eigenvalue weighted by Crippen LogP contribution is 2.17. The average Bonchev–Trinajstić information content (AvgIpc) is 2.38. The number of amides is 1. The minimum atomic E-state index is -0.0246. The van der Waals surface area contributed by atoms with Crippen LogP contribution in [-0.2, 0) is 0 Å². The summed E-state index contributed by atoms with van der Waals surface area (Å²) in [5.74, 6) is -0.0246. The fraction of sp³-hybridized carbons (Fsp3) is 0.133. The molecule has 0 aliphatic rings. The molecule has 0 aliphatic carbocycles. The fourth-order valence-electron chi connectivity index (χ4n) is 1.79. The standard InChI is InChI=1S/C15H16N2O/c1-11-4-3-5-12(10-11)15(18)17(2)14-8-6-13(16)7-9-14/h3-10H,16H2,1-2H3. The van der Waals surface area contributed by atoms with E-state index >= 15 is 0 Å². The number of nitrogens with two attached hydrogens (primary N) is 1. The number of nitrogen functional groups attached to an aromatic ring is 1. The Morgan fingerprint density at radius 3 is 2.39 bits per heavy atom. The van der Waals surface area contributed by atoms with Crippen molar-refractivity contribution >= 4 is 17.3 Å². The third-order valence-corrected chi connectivity index (χ3v) is 2.85. The maximum absolute atomic E-state index is 12.3. The Labute approximate surface area is 107 Å². The van der Waals surface area contributed by atoms with Gasteiger partial charge < -0.3 is 10.6 Å². The van der Waals surface area contributed by atoms with Gasteiger partial charge in [0, 0.05) is 24.0 Å². The Bertz CT molecular complexity index is 561. The molecule has 92 valence electrons. The van der Waals surface area contributed by atoms with Crippen LogP contribution in [0.25, 0.3) is 0 Å². The molecular weight excluding hydrogens is 224 g/mol. The molecule has 1 amide bonds. The highest BCUT2D eigenvalue weighted by molar-refractivity contribution is 6.05. The van der Waals surface area contributed by atoms with Crippen LogP contribution in [0.15, 0.2) is 48.5 Å². The number of benzene rings is 2. The zero-order chi connectivity index (χ0) is 13.1. The van der Waals surface area contributed by atoms with Crippen LogP contribution in [0, 0.1) is 6.92 Å². The van der Waals surface area contributed by atoms with Crippen molar-refractivity contribution in [2.75, 3.05) is 17.7 Å². The molecule has 18 heavy (non-hydrogen) atoms. The third-order valence-electron chi connectivity index (χ3n) is 2.85. The summed E-state index contributed by atoms with van der Waals surface area (Å²) < 4.78 is 0. The van der Waals surface area contributed by atoms with E-state index in [4.69, 9.17) is 5.73 Å². The van der Waals surface area contributed by atoms with E-state index in [9.17, 15) is 4.79 Å². The molecule has 0 saturated heterocycles. The van der Waals surface area contributed by atoms with E-state index in [2.05, 4.69) is 0 Å². The van der Waals surface area contributed by atoms with Gasteiger partial charge in [-0.05, 0) is 43.3 Å². The van der Waals surface area contributed by atoms with Gasteiger partial charge in [0.05, 0.1) is 0 Å². The molecule has 2 aromatic carbocycles. The summed E-state index contributed by atoms with van der Waals surface area (Å²) in [7, 11) is 1.76. The second-order valence-corrected chi connectivity index (χ2v) is 4.33. The molecule has 0 unspecified atom stereocenters. The van der Waals surface area contributed by atoms with E-state index in [1.807, 2.05) is 43.3 Å². The minimum Gasteiger partial charge on any atom is -0.399 e. The molecule has 0 heterocycles. The van der Waals surface area contributed by atoms with E-state index in [0.29, 0.717) is 11.3 Å². The zero-order valence-electron chi connectivity index (χ0n) is 10.6. The topological polar surface area (TPSA) is 46.3 Å². The SMILES string of the molecule is Cc1cccc(C(=O)N(C)c2ccc(N)cc2)c1.